The van der Waals surface area contributed by atoms with Gasteiger partial charge in [0.1, 0.15) is 0 Å². The number of nitrogens with zero attached hydrogens (tertiary/aromatic N) is 3. The Morgan fingerprint density at radius 2 is 1.07 bits per heavy atom. The summed E-state index contributed by atoms with van der Waals surface area (Å²) in [6, 6.07) is 27.1. The standard InChI is InChI=1S/C23H13Cl2N3/c24-22-26-21(27-23(25)28-22)19-10-4-3-9-17(19)18-11-5-8-16-12-14-6-1-2-7-15(14)13-20(16)18/h1-13H. The van der Waals surface area contributed by atoms with Gasteiger partial charge in [0, 0.05) is 5.56 Å². The Morgan fingerprint density at radius 1 is 0.500 bits per heavy atom. The van der Waals surface area contributed by atoms with Crippen LogP contribution in [0.2, 0.25) is 10.6 Å². The number of halogens is 2. The van der Waals surface area contributed by atoms with E-state index < -0.39 is 0 Å². The third-order valence-corrected chi connectivity index (χ3v) is 5.12. The minimum absolute atomic E-state index is 0.0775. The molecule has 3 nitrogen and oxygen atoms in total. The highest BCUT2D eigenvalue weighted by molar-refractivity contribution is 6.31. The number of benzene rings is 4. The van der Waals surface area contributed by atoms with Gasteiger partial charge in [-0.3, -0.25) is 0 Å². The molecule has 134 valence electrons. The van der Waals surface area contributed by atoms with Crippen molar-refractivity contribution in [2.24, 2.45) is 0 Å². The van der Waals surface area contributed by atoms with Crippen LogP contribution < -0.4 is 0 Å². The van der Waals surface area contributed by atoms with E-state index in [9.17, 15) is 0 Å². The van der Waals surface area contributed by atoms with Crippen molar-refractivity contribution in [1.29, 1.82) is 0 Å². The zero-order valence-electron chi connectivity index (χ0n) is 14.6. The lowest BCUT2D eigenvalue weighted by molar-refractivity contribution is 1.06. The van der Waals surface area contributed by atoms with Crippen LogP contribution in [0.25, 0.3) is 44.1 Å². The van der Waals surface area contributed by atoms with Gasteiger partial charge in [0.2, 0.25) is 10.6 Å². The predicted octanol–water partition coefficient (Wildman–Crippen LogP) is 6.82. The van der Waals surface area contributed by atoms with Crippen LogP contribution in [-0.4, -0.2) is 15.0 Å². The third kappa shape index (κ3) is 2.99. The average molecular weight is 402 g/mol. The van der Waals surface area contributed by atoms with E-state index in [1.807, 2.05) is 18.2 Å². The van der Waals surface area contributed by atoms with Crippen molar-refractivity contribution >= 4 is 44.7 Å². The highest BCUT2D eigenvalue weighted by atomic mass is 35.5. The van der Waals surface area contributed by atoms with Gasteiger partial charge in [-0.2, -0.15) is 15.0 Å². The van der Waals surface area contributed by atoms with Crippen LogP contribution in [0.1, 0.15) is 0 Å². The summed E-state index contributed by atoms with van der Waals surface area (Å²) < 4.78 is 0. The van der Waals surface area contributed by atoms with Crippen molar-refractivity contribution in [3.05, 3.63) is 89.4 Å². The molecule has 0 aliphatic heterocycles. The van der Waals surface area contributed by atoms with E-state index >= 15 is 0 Å². The number of fused-ring (bicyclic) bond motifs is 2. The lowest BCUT2D eigenvalue weighted by Crippen LogP contribution is -1.96. The minimum atomic E-state index is 0.0775. The molecule has 0 unspecified atom stereocenters. The van der Waals surface area contributed by atoms with Gasteiger partial charge in [-0.15, -0.1) is 0 Å². The molecular formula is C23H13Cl2N3. The van der Waals surface area contributed by atoms with E-state index in [2.05, 4.69) is 75.6 Å². The van der Waals surface area contributed by atoms with E-state index in [1.54, 1.807) is 0 Å². The Kier molecular flexibility index (Phi) is 4.19. The number of hydrogen-bond acceptors (Lipinski definition) is 3. The Labute approximate surface area is 171 Å². The topological polar surface area (TPSA) is 38.7 Å². The summed E-state index contributed by atoms with van der Waals surface area (Å²) in [6.45, 7) is 0. The summed E-state index contributed by atoms with van der Waals surface area (Å²) >= 11 is 12.0. The molecule has 0 bridgehead atoms. The Balaban J connectivity index is 1.80. The fourth-order valence-electron chi connectivity index (χ4n) is 3.56. The van der Waals surface area contributed by atoms with E-state index in [0.717, 1.165) is 16.7 Å². The first-order valence-electron chi connectivity index (χ1n) is 8.77. The van der Waals surface area contributed by atoms with Crippen LogP contribution in [0.5, 0.6) is 0 Å². The van der Waals surface area contributed by atoms with E-state index in [4.69, 9.17) is 23.2 Å². The summed E-state index contributed by atoms with van der Waals surface area (Å²) in [5, 5.41) is 4.92. The van der Waals surface area contributed by atoms with Crippen molar-refractivity contribution < 1.29 is 0 Å². The summed E-state index contributed by atoms with van der Waals surface area (Å²) in [4.78, 5) is 12.4. The van der Waals surface area contributed by atoms with Gasteiger partial charge >= 0.3 is 0 Å². The van der Waals surface area contributed by atoms with Gasteiger partial charge in [0.15, 0.2) is 5.82 Å². The molecule has 0 saturated heterocycles. The normalized spacial score (nSPS) is 11.2. The second kappa shape index (κ2) is 6.86. The zero-order chi connectivity index (χ0) is 19.1. The second-order valence-corrected chi connectivity index (χ2v) is 7.14. The second-order valence-electron chi connectivity index (χ2n) is 6.47. The molecule has 0 amide bonds. The maximum absolute atomic E-state index is 6.01. The Bertz CT molecular complexity index is 1330. The molecule has 0 saturated carbocycles. The molecule has 0 fully saturated rings. The lowest BCUT2D eigenvalue weighted by atomic mass is 9.93. The van der Waals surface area contributed by atoms with Crippen molar-refractivity contribution in [3.63, 3.8) is 0 Å². The molecular weight excluding hydrogens is 389 g/mol. The molecule has 5 heteroatoms. The molecule has 0 radical (unpaired) electrons. The van der Waals surface area contributed by atoms with Gasteiger partial charge in [-0.05, 0) is 68.0 Å². The van der Waals surface area contributed by atoms with Crippen LogP contribution in [-0.2, 0) is 0 Å². The smallest absolute Gasteiger partial charge is 0.198 e. The van der Waals surface area contributed by atoms with Crippen molar-refractivity contribution in [2.75, 3.05) is 0 Å². The highest BCUT2D eigenvalue weighted by Crippen LogP contribution is 2.36. The third-order valence-electron chi connectivity index (χ3n) is 4.79. The van der Waals surface area contributed by atoms with Gasteiger partial charge in [0.25, 0.3) is 0 Å². The molecule has 28 heavy (non-hydrogen) atoms. The molecule has 5 rings (SSSR count). The summed E-state index contributed by atoms with van der Waals surface area (Å²) in [6.07, 6.45) is 0. The number of aromatic nitrogens is 3. The molecule has 0 spiro atoms. The first kappa shape index (κ1) is 17.1. The maximum Gasteiger partial charge on any atom is 0.227 e. The SMILES string of the molecule is Clc1nc(Cl)nc(-c2ccccc2-c2cccc3cc4ccccc4cc23)n1. The molecule has 0 N–H and O–H groups in total. The Hall–Kier alpha value is -3.01. The van der Waals surface area contributed by atoms with Crippen molar-refractivity contribution in [2.45, 2.75) is 0 Å². The summed E-state index contributed by atoms with van der Waals surface area (Å²) in [5.74, 6) is 0.457. The van der Waals surface area contributed by atoms with E-state index in [0.29, 0.717) is 5.82 Å². The summed E-state index contributed by atoms with van der Waals surface area (Å²) in [7, 11) is 0. The summed E-state index contributed by atoms with van der Waals surface area (Å²) in [5.41, 5.74) is 2.97. The maximum atomic E-state index is 6.01. The van der Waals surface area contributed by atoms with Crippen molar-refractivity contribution in [3.8, 4) is 22.5 Å². The molecule has 1 heterocycles. The van der Waals surface area contributed by atoms with E-state index in [-0.39, 0.29) is 10.6 Å². The monoisotopic (exact) mass is 401 g/mol. The van der Waals surface area contributed by atoms with Crippen LogP contribution >= 0.6 is 23.2 Å². The zero-order valence-corrected chi connectivity index (χ0v) is 16.1. The Morgan fingerprint density at radius 3 is 1.82 bits per heavy atom. The first-order valence-corrected chi connectivity index (χ1v) is 9.53. The fraction of sp³-hybridized carbons (Fsp3) is 0. The lowest BCUT2D eigenvalue weighted by Gasteiger charge is -2.12. The van der Waals surface area contributed by atoms with Gasteiger partial charge in [0.05, 0.1) is 0 Å². The van der Waals surface area contributed by atoms with Crippen LogP contribution in [0, 0.1) is 0 Å². The number of hydrogen-bond donors (Lipinski definition) is 0. The van der Waals surface area contributed by atoms with E-state index in [1.165, 1.54) is 21.5 Å². The highest BCUT2D eigenvalue weighted by Gasteiger charge is 2.14. The van der Waals surface area contributed by atoms with Crippen molar-refractivity contribution in [1.82, 2.24) is 15.0 Å². The predicted molar refractivity (Wildman–Crippen MR) is 116 cm³/mol. The average Bonchev–Trinajstić information content (AvgIpc) is 2.71. The molecule has 5 aromatic rings. The molecule has 0 aliphatic carbocycles. The van der Waals surface area contributed by atoms with Crippen LogP contribution in [0.15, 0.2) is 78.9 Å². The molecule has 1 aromatic heterocycles. The molecule has 4 aromatic carbocycles. The quantitative estimate of drug-likeness (QED) is 0.304. The minimum Gasteiger partial charge on any atom is -0.198 e. The van der Waals surface area contributed by atoms with Gasteiger partial charge < -0.3 is 0 Å². The van der Waals surface area contributed by atoms with Crippen LogP contribution in [0.4, 0.5) is 0 Å². The molecule has 0 atom stereocenters. The fourth-order valence-corrected chi connectivity index (χ4v) is 3.92. The van der Waals surface area contributed by atoms with Gasteiger partial charge in [-0.25, -0.2) is 0 Å². The van der Waals surface area contributed by atoms with Gasteiger partial charge in [-0.1, -0.05) is 66.7 Å². The number of rotatable bonds is 2. The first-order chi connectivity index (χ1) is 13.7. The largest absolute Gasteiger partial charge is 0.227 e. The van der Waals surface area contributed by atoms with Crippen LogP contribution in [0.3, 0.4) is 0 Å². The molecule has 0 aliphatic rings.